The van der Waals surface area contributed by atoms with Crippen LogP contribution in [0.2, 0.25) is 0 Å². The minimum atomic E-state index is -1.14. The number of halogens is 2. The number of anilines is 1. The van der Waals surface area contributed by atoms with Crippen LogP contribution in [0.4, 0.5) is 5.69 Å². The Kier molecular flexibility index (Phi) is 7.43. The van der Waals surface area contributed by atoms with Crippen LogP contribution in [-0.4, -0.2) is 34.6 Å². The monoisotopic (exact) mass is 660 g/mol. The first-order valence-electron chi connectivity index (χ1n) is 8.70. The summed E-state index contributed by atoms with van der Waals surface area (Å²) in [5.74, 6) is -1.72. The molecule has 31 heavy (non-hydrogen) atoms. The molecule has 3 rings (SSSR count). The summed E-state index contributed by atoms with van der Waals surface area (Å²) in [4.78, 5) is 38.0. The predicted molar refractivity (Wildman–Crippen MR) is 137 cm³/mol. The molecule has 2 N–H and O–H groups in total. The largest absolute Gasteiger partial charge is 0.487 e. The van der Waals surface area contributed by atoms with Gasteiger partial charge in [0.2, 0.25) is 0 Å². The van der Waals surface area contributed by atoms with E-state index in [4.69, 9.17) is 17.0 Å². The summed E-state index contributed by atoms with van der Waals surface area (Å²) >= 11 is 9.39. The van der Waals surface area contributed by atoms with Gasteiger partial charge in [-0.05, 0) is 99.4 Å². The number of nitrogens with one attached hydrogen (secondary N) is 1. The number of thiocarbonyl (C=S) groups is 1. The van der Waals surface area contributed by atoms with E-state index in [0.29, 0.717) is 17.9 Å². The van der Waals surface area contributed by atoms with E-state index in [0.717, 1.165) is 12.0 Å². The van der Waals surface area contributed by atoms with Gasteiger partial charge in [-0.1, -0.05) is 18.7 Å². The summed E-state index contributed by atoms with van der Waals surface area (Å²) in [6.45, 7) is 3.99. The molecular formula is C21H14I2N2O5S. The molecule has 0 radical (unpaired) electrons. The minimum absolute atomic E-state index is 0.00486. The topological polar surface area (TPSA) is 95.9 Å². The molecule has 0 spiro atoms. The predicted octanol–water partition coefficient (Wildman–Crippen LogP) is 3.99. The zero-order valence-corrected chi connectivity index (χ0v) is 20.9. The number of amides is 2. The number of carbonyl (C=O) groups is 3. The minimum Gasteiger partial charge on any atom is -0.487 e. The average molecular weight is 660 g/mol. The Bertz CT molecular complexity index is 1140. The van der Waals surface area contributed by atoms with Gasteiger partial charge < -0.3 is 9.84 Å². The lowest BCUT2D eigenvalue weighted by Crippen LogP contribution is -2.54. The van der Waals surface area contributed by atoms with Gasteiger partial charge in [0.15, 0.2) is 5.11 Å². The fourth-order valence-corrected chi connectivity index (χ4v) is 5.19. The molecule has 10 heteroatoms. The SMILES string of the molecule is C=CCOc1c(I)cc(C=C2C(=O)NC(=S)N(c3cccc(C(=O)O)c3)C2=O)cc1I. The van der Waals surface area contributed by atoms with E-state index >= 15 is 0 Å². The van der Waals surface area contributed by atoms with Crippen molar-refractivity contribution in [2.24, 2.45) is 0 Å². The van der Waals surface area contributed by atoms with Gasteiger partial charge in [-0.25, -0.2) is 4.79 Å². The van der Waals surface area contributed by atoms with Gasteiger partial charge in [-0.3, -0.25) is 19.8 Å². The molecule has 7 nitrogen and oxygen atoms in total. The molecule has 2 amide bonds. The van der Waals surface area contributed by atoms with E-state index in [1.54, 1.807) is 24.3 Å². The van der Waals surface area contributed by atoms with Gasteiger partial charge in [0, 0.05) is 0 Å². The summed E-state index contributed by atoms with van der Waals surface area (Å²) in [7, 11) is 0. The number of carboxylic acids is 1. The third-order valence-corrected chi connectivity index (χ3v) is 6.02. The third kappa shape index (κ3) is 5.13. The molecule has 0 unspecified atom stereocenters. The van der Waals surface area contributed by atoms with E-state index in [-0.39, 0.29) is 21.9 Å². The van der Waals surface area contributed by atoms with Crippen LogP contribution >= 0.6 is 57.4 Å². The lowest BCUT2D eigenvalue weighted by molar-refractivity contribution is -0.122. The van der Waals surface area contributed by atoms with E-state index in [1.807, 2.05) is 0 Å². The van der Waals surface area contributed by atoms with Crippen LogP contribution in [0, 0.1) is 7.14 Å². The fraction of sp³-hybridized carbons (Fsp3) is 0.0476. The van der Waals surface area contributed by atoms with Crippen LogP contribution in [0.15, 0.2) is 54.6 Å². The van der Waals surface area contributed by atoms with Gasteiger partial charge in [0.05, 0.1) is 18.4 Å². The maximum Gasteiger partial charge on any atom is 0.335 e. The fourth-order valence-electron chi connectivity index (χ4n) is 2.78. The van der Waals surface area contributed by atoms with Crippen molar-refractivity contribution in [3.63, 3.8) is 0 Å². The average Bonchev–Trinajstić information content (AvgIpc) is 2.70. The number of rotatable bonds is 6. The van der Waals surface area contributed by atoms with Gasteiger partial charge in [-0.15, -0.1) is 0 Å². The molecule has 1 saturated heterocycles. The Morgan fingerprint density at radius 2 is 1.90 bits per heavy atom. The maximum atomic E-state index is 13.1. The normalized spacial score (nSPS) is 15.1. The maximum absolute atomic E-state index is 13.1. The molecule has 158 valence electrons. The summed E-state index contributed by atoms with van der Waals surface area (Å²) in [5.41, 5.74) is 0.749. The Morgan fingerprint density at radius 1 is 1.23 bits per heavy atom. The van der Waals surface area contributed by atoms with Crippen molar-refractivity contribution in [2.45, 2.75) is 0 Å². The lowest BCUT2D eigenvalue weighted by Gasteiger charge is -2.29. The molecule has 1 aliphatic heterocycles. The highest BCUT2D eigenvalue weighted by Gasteiger charge is 2.34. The van der Waals surface area contributed by atoms with Crippen LogP contribution in [0.1, 0.15) is 15.9 Å². The summed E-state index contributed by atoms with van der Waals surface area (Å²) in [6, 6.07) is 9.34. The number of benzene rings is 2. The second kappa shape index (κ2) is 9.87. The molecule has 2 aromatic carbocycles. The van der Waals surface area contributed by atoms with Crippen molar-refractivity contribution in [1.29, 1.82) is 0 Å². The van der Waals surface area contributed by atoms with Crippen molar-refractivity contribution >= 4 is 92.1 Å². The van der Waals surface area contributed by atoms with Crippen molar-refractivity contribution in [1.82, 2.24) is 5.32 Å². The van der Waals surface area contributed by atoms with Crippen LogP contribution in [0.3, 0.4) is 0 Å². The molecule has 0 aliphatic carbocycles. The third-order valence-electron chi connectivity index (χ3n) is 4.13. The number of ether oxygens (including phenoxy) is 1. The van der Waals surface area contributed by atoms with Crippen LogP contribution in [0.25, 0.3) is 6.08 Å². The van der Waals surface area contributed by atoms with E-state index < -0.39 is 17.8 Å². The highest BCUT2D eigenvalue weighted by molar-refractivity contribution is 14.1. The van der Waals surface area contributed by atoms with Crippen LogP contribution < -0.4 is 15.0 Å². The summed E-state index contributed by atoms with van der Waals surface area (Å²) in [6.07, 6.45) is 3.11. The van der Waals surface area contributed by atoms with Crippen LogP contribution in [-0.2, 0) is 9.59 Å². The standard InChI is InChI=1S/C21H14I2N2O5S/c1-2-6-30-17-15(22)8-11(9-16(17)23)7-14-18(26)24-21(31)25(19(14)27)13-5-3-4-12(10-13)20(28)29/h2-5,7-10H,1,6H2,(H,28,29)(H,24,26,31). The first-order valence-corrected chi connectivity index (χ1v) is 11.3. The van der Waals surface area contributed by atoms with Gasteiger partial charge in [0.25, 0.3) is 11.8 Å². The lowest BCUT2D eigenvalue weighted by atomic mass is 10.1. The van der Waals surface area contributed by atoms with Gasteiger partial charge >= 0.3 is 5.97 Å². The number of nitrogens with zero attached hydrogens (tertiary/aromatic N) is 1. The molecule has 2 aromatic rings. The van der Waals surface area contributed by atoms with Crippen molar-refractivity contribution in [3.05, 3.63) is 72.9 Å². The Morgan fingerprint density at radius 3 is 2.52 bits per heavy atom. The first-order chi connectivity index (χ1) is 14.7. The van der Waals surface area contributed by atoms with E-state index in [1.165, 1.54) is 24.3 Å². The van der Waals surface area contributed by atoms with Gasteiger partial charge in [-0.2, -0.15) is 0 Å². The highest BCUT2D eigenvalue weighted by atomic mass is 127. The summed E-state index contributed by atoms with van der Waals surface area (Å²) in [5, 5.41) is 11.6. The second-order valence-corrected chi connectivity index (χ2v) is 8.94. The molecule has 0 saturated carbocycles. The first kappa shape index (κ1) is 23.3. The Balaban J connectivity index is 2.00. The molecule has 0 atom stereocenters. The number of aromatic carboxylic acids is 1. The van der Waals surface area contributed by atoms with Crippen molar-refractivity contribution < 1.29 is 24.2 Å². The van der Waals surface area contributed by atoms with E-state index in [2.05, 4.69) is 57.1 Å². The van der Waals surface area contributed by atoms with E-state index in [9.17, 15) is 19.5 Å². The molecule has 1 fully saturated rings. The molecule has 0 bridgehead atoms. The quantitative estimate of drug-likeness (QED) is 0.160. The number of hydrogen-bond donors (Lipinski definition) is 2. The molecule has 0 aromatic heterocycles. The second-order valence-electron chi connectivity index (χ2n) is 6.23. The number of carboxylic acid groups (broad SMARTS) is 1. The van der Waals surface area contributed by atoms with Crippen molar-refractivity contribution in [3.8, 4) is 5.75 Å². The number of hydrogen-bond acceptors (Lipinski definition) is 5. The Labute approximate surface area is 210 Å². The summed E-state index contributed by atoms with van der Waals surface area (Å²) < 4.78 is 7.27. The van der Waals surface area contributed by atoms with Crippen LogP contribution in [0.5, 0.6) is 5.75 Å². The molecule has 1 aliphatic rings. The molecule has 1 heterocycles. The van der Waals surface area contributed by atoms with Gasteiger partial charge in [0.1, 0.15) is 17.9 Å². The number of carbonyl (C=O) groups excluding carboxylic acids is 2. The Hall–Kier alpha value is -2.32. The molecular weight excluding hydrogens is 646 g/mol. The zero-order valence-electron chi connectivity index (χ0n) is 15.7. The highest BCUT2D eigenvalue weighted by Crippen LogP contribution is 2.30. The van der Waals surface area contributed by atoms with Crippen molar-refractivity contribution in [2.75, 3.05) is 11.5 Å². The zero-order chi connectivity index (χ0) is 22.7. The smallest absolute Gasteiger partial charge is 0.335 e.